The van der Waals surface area contributed by atoms with Gasteiger partial charge in [-0.2, -0.15) is 13.2 Å². The molecular formula is C15H12F3NO5. The minimum atomic E-state index is -5.12. The topological polar surface area (TPSA) is 95.9 Å². The molecule has 9 heteroatoms. The largest absolute Gasteiger partial charge is 0.462 e. The first-order valence-electron chi connectivity index (χ1n) is 6.95. The van der Waals surface area contributed by atoms with Gasteiger partial charge in [-0.15, -0.1) is 0 Å². The summed E-state index contributed by atoms with van der Waals surface area (Å²) in [5, 5.41) is 23.2. The van der Waals surface area contributed by atoms with E-state index in [1.54, 1.807) is 5.32 Å². The summed E-state index contributed by atoms with van der Waals surface area (Å²) in [5.41, 5.74) is -9.42. The Balaban J connectivity index is 2.29. The third-order valence-electron chi connectivity index (χ3n) is 4.09. The fourth-order valence-corrected chi connectivity index (χ4v) is 3.09. The summed E-state index contributed by atoms with van der Waals surface area (Å²) in [6, 6.07) is 5.24. The molecule has 0 fully saturated rings. The summed E-state index contributed by atoms with van der Waals surface area (Å²) in [7, 11) is 0. The van der Waals surface area contributed by atoms with E-state index < -0.39 is 40.5 Å². The van der Waals surface area contributed by atoms with Gasteiger partial charge in [-0.1, -0.05) is 24.3 Å². The number of alkyl halides is 3. The van der Waals surface area contributed by atoms with Crippen LogP contribution in [0.25, 0.3) is 0 Å². The van der Waals surface area contributed by atoms with E-state index in [0.717, 1.165) is 0 Å². The van der Waals surface area contributed by atoms with Gasteiger partial charge >= 0.3 is 12.1 Å². The second-order valence-electron chi connectivity index (χ2n) is 5.39. The van der Waals surface area contributed by atoms with Crippen LogP contribution in [0.2, 0.25) is 0 Å². The standard InChI is InChI=1S/C15H12F3NO5/c1-2-24-12(21)9-10(15(16,17)18)19-14(23)8-6-4-3-5-7(8)11(20)13(9,14)22/h3-6,19,22-23H,2H2,1H3/t13-,14-/m0/s1. The SMILES string of the molecule is CCOC(=O)C1=C(C(F)(F)F)N[C@]2(O)c3ccccc3C(=O)[C@@]12O. The summed E-state index contributed by atoms with van der Waals surface area (Å²) >= 11 is 0. The summed E-state index contributed by atoms with van der Waals surface area (Å²) < 4.78 is 44.5. The quantitative estimate of drug-likeness (QED) is 0.686. The molecule has 0 spiro atoms. The van der Waals surface area contributed by atoms with E-state index in [1.807, 2.05) is 0 Å². The molecule has 3 rings (SSSR count). The maximum atomic E-state index is 13.3. The number of aliphatic hydroxyl groups is 2. The smallest absolute Gasteiger partial charge is 0.431 e. The number of carbonyl (C=O) groups excluding carboxylic acids is 2. The highest BCUT2D eigenvalue weighted by Crippen LogP contribution is 2.53. The fourth-order valence-electron chi connectivity index (χ4n) is 3.09. The molecule has 128 valence electrons. The molecule has 24 heavy (non-hydrogen) atoms. The van der Waals surface area contributed by atoms with E-state index in [2.05, 4.69) is 4.74 Å². The van der Waals surface area contributed by atoms with Crippen LogP contribution < -0.4 is 5.32 Å². The van der Waals surface area contributed by atoms with Gasteiger partial charge in [-0.25, -0.2) is 4.79 Å². The Morgan fingerprint density at radius 3 is 2.50 bits per heavy atom. The molecule has 1 aromatic rings. The van der Waals surface area contributed by atoms with Crippen LogP contribution in [0.5, 0.6) is 0 Å². The van der Waals surface area contributed by atoms with Gasteiger partial charge in [0.05, 0.1) is 6.61 Å². The van der Waals surface area contributed by atoms with Crippen LogP contribution in [0.15, 0.2) is 35.5 Å². The molecule has 0 aromatic heterocycles. The molecular weight excluding hydrogens is 331 g/mol. The summed E-state index contributed by atoms with van der Waals surface area (Å²) in [5.74, 6) is -2.74. The summed E-state index contributed by atoms with van der Waals surface area (Å²) in [4.78, 5) is 24.6. The molecule has 1 aliphatic carbocycles. The molecule has 0 amide bonds. The Labute approximate surface area is 133 Å². The lowest BCUT2D eigenvalue weighted by atomic mass is 9.85. The first-order valence-corrected chi connectivity index (χ1v) is 6.95. The third kappa shape index (κ3) is 1.79. The number of fused-ring (bicyclic) bond motifs is 3. The number of hydrogen-bond acceptors (Lipinski definition) is 6. The predicted octanol–water partition coefficient (Wildman–Crippen LogP) is 0.742. The van der Waals surface area contributed by atoms with Crippen molar-refractivity contribution in [3.8, 4) is 0 Å². The lowest BCUT2D eigenvalue weighted by Gasteiger charge is -2.31. The number of halogens is 3. The van der Waals surface area contributed by atoms with Crippen LogP contribution in [0.1, 0.15) is 22.8 Å². The first-order chi connectivity index (χ1) is 11.1. The fraction of sp³-hybridized carbons (Fsp3) is 0.333. The number of carbonyl (C=O) groups is 2. The van der Waals surface area contributed by atoms with Crippen LogP contribution in [-0.4, -0.2) is 40.3 Å². The van der Waals surface area contributed by atoms with Crippen molar-refractivity contribution in [2.24, 2.45) is 0 Å². The van der Waals surface area contributed by atoms with Gasteiger partial charge in [0, 0.05) is 11.1 Å². The molecule has 2 atom stereocenters. The van der Waals surface area contributed by atoms with E-state index >= 15 is 0 Å². The number of esters is 1. The molecule has 0 bridgehead atoms. The monoisotopic (exact) mass is 343 g/mol. The van der Waals surface area contributed by atoms with Crippen LogP contribution in [0, 0.1) is 0 Å². The Morgan fingerprint density at radius 2 is 1.92 bits per heavy atom. The van der Waals surface area contributed by atoms with Crippen molar-refractivity contribution < 1.29 is 37.7 Å². The number of allylic oxidation sites excluding steroid dienone is 1. The highest BCUT2D eigenvalue weighted by Gasteiger charge is 2.73. The van der Waals surface area contributed by atoms with Gasteiger partial charge in [0.1, 0.15) is 11.3 Å². The zero-order chi connectivity index (χ0) is 17.9. The number of nitrogens with one attached hydrogen (secondary N) is 1. The van der Waals surface area contributed by atoms with Gasteiger partial charge in [0.25, 0.3) is 0 Å². The molecule has 1 aliphatic heterocycles. The van der Waals surface area contributed by atoms with Gasteiger partial charge in [0.2, 0.25) is 17.1 Å². The minimum Gasteiger partial charge on any atom is -0.462 e. The van der Waals surface area contributed by atoms with Gasteiger partial charge in [-0.3, -0.25) is 4.79 Å². The van der Waals surface area contributed by atoms with E-state index in [9.17, 15) is 33.0 Å². The highest BCUT2D eigenvalue weighted by molar-refractivity contribution is 6.16. The van der Waals surface area contributed by atoms with Crippen molar-refractivity contribution in [1.29, 1.82) is 0 Å². The maximum Gasteiger partial charge on any atom is 0.431 e. The molecule has 1 heterocycles. The Hall–Kier alpha value is -2.39. The Morgan fingerprint density at radius 1 is 1.29 bits per heavy atom. The zero-order valence-corrected chi connectivity index (χ0v) is 12.3. The van der Waals surface area contributed by atoms with E-state index in [0.29, 0.717) is 0 Å². The van der Waals surface area contributed by atoms with Crippen molar-refractivity contribution in [3.05, 3.63) is 46.7 Å². The van der Waals surface area contributed by atoms with Crippen molar-refractivity contribution in [2.75, 3.05) is 6.61 Å². The minimum absolute atomic E-state index is 0.182. The van der Waals surface area contributed by atoms with E-state index in [1.165, 1.54) is 31.2 Å². The zero-order valence-electron chi connectivity index (χ0n) is 12.3. The number of hydrogen-bond donors (Lipinski definition) is 3. The van der Waals surface area contributed by atoms with Crippen molar-refractivity contribution in [1.82, 2.24) is 5.32 Å². The molecule has 0 unspecified atom stereocenters. The lowest BCUT2D eigenvalue weighted by Crippen LogP contribution is -2.56. The van der Waals surface area contributed by atoms with Gasteiger partial charge in [-0.05, 0) is 6.92 Å². The Bertz CT molecular complexity index is 788. The molecule has 0 saturated carbocycles. The van der Waals surface area contributed by atoms with E-state index in [-0.39, 0.29) is 17.7 Å². The summed E-state index contributed by atoms with van der Waals surface area (Å²) in [6.07, 6.45) is -5.12. The molecule has 2 aliphatic rings. The molecule has 6 nitrogen and oxygen atoms in total. The van der Waals surface area contributed by atoms with Gasteiger partial charge in [0.15, 0.2) is 0 Å². The van der Waals surface area contributed by atoms with E-state index in [4.69, 9.17) is 0 Å². The lowest BCUT2D eigenvalue weighted by molar-refractivity contribution is -0.146. The molecule has 0 radical (unpaired) electrons. The molecule has 3 N–H and O–H groups in total. The predicted molar refractivity (Wildman–Crippen MR) is 72.5 cm³/mol. The average molecular weight is 343 g/mol. The molecule has 1 aromatic carbocycles. The van der Waals surface area contributed by atoms with Crippen LogP contribution in [-0.2, 0) is 15.3 Å². The Kier molecular flexibility index (Phi) is 3.30. The number of ketones is 1. The number of ether oxygens (including phenoxy) is 1. The number of benzene rings is 1. The second kappa shape index (κ2) is 4.81. The third-order valence-corrected chi connectivity index (χ3v) is 4.09. The maximum absolute atomic E-state index is 13.3. The van der Waals surface area contributed by atoms with Crippen molar-refractivity contribution >= 4 is 11.8 Å². The van der Waals surface area contributed by atoms with Gasteiger partial charge < -0.3 is 20.3 Å². The average Bonchev–Trinajstić information content (AvgIpc) is 2.85. The second-order valence-corrected chi connectivity index (χ2v) is 5.39. The van der Waals surface area contributed by atoms with Crippen molar-refractivity contribution in [2.45, 2.75) is 24.4 Å². The normalized spacial score (nSPS) is 28.5. The van der Waals surface area contributed by atoms with Crippen LogP contribution in [0.4, 0.5) is 13.2 Å². The van der Waals surface area contributed by atoms with Crippen LogP contribution >= 0.6 is 0 Å². The van der Waals surface area contributed by atoms with Crippen molar-refractivity contribution in [3.63, 3.8) is 0 Å². The number of Topliss-reactive ketones (excluding diaryl/α,β-unsaturated/α-hetero) is 1. The van der Waals surface area contributed by atoms with Crippen LogP contribution in [0.3, 0.4) is 0 Å². The highest BCUT2D eigenvalue weighted by atomic mass is 19.4. The summed E-state index contributed by atoms with van der Waals surface area (Å²) in [6.45, 7) is 1.08. The number of rotatable bonds is 2. The molecule has 0 saturated heterocycles. The first kappa shape index (κ1) is 16.5.